The van der Waals surface area contributed by atoms with Crippen LogP contribution >= 0.6 is 11.8 Å². The number of aryl methyl sites for hydroxylation is 2. The molecule has 6 heteroatoms. The molecule has 3 aromatic carbocycles. The second-order valence-electron chi connectivity index (χ2n) is 8.56. The van der Waals surface area contributed by atoms with E-state index in [-0.39, 0.29) is 5.91 Å². The van der Waals surface area contributed by atoms with Crippen LogP contribution in [0.5, 0.6) is 5.75 Å². The molecule has 0 saturated carbocycles. The zero-order valence-electron chi connectivity index (χ0n) is 20.7. The number of hydrogen-bond acceptors (Lipinski definition) is 5. The van der Waals surface area contributed by atoms with Crippen LogP contribution in [0.1, 0.15) is 23.6 Å². The van der Waals surface area contributed by atoms with Crippen LogP contribution in [0.25, 0.3) is 22.4 Å². The summed E-state index contributed by atoms with van der Waals surface area (Å²) in [5.74, 6) is 0.586. The lowest BCUT2D eigenvalue weighted by Crippen LogP contribution is -2.22. The van der Waals surface area contributed by atoms with E-state index in [1.54, 1.807) is 7.11 Å². The quantitative estimate of drug-likeness (QED) is 0.280. The molecule has 0 aliphatic carbocycles. The molecule has 5 nitrogen and oxygen atoms in total. The number of benzene rings is 3. The second-order valence-corrected chi connectivity index (χ2v) is 9.89. The first-order chi connectivity index (χ1) is 17.4. The smallest absolute Gasteiger partial charge is 0.237 e. The van der Waals surface area contributed by atoms with Gasteiger partial charge in [0.1, 0.15) is 16.8 Å². The molecule has 4 aromatic rings. The van der Waals surface area contributed by atoms with Crippen LogP contribution in [-0.4, -0.2) is 23.3 Å². The van der Waals surface area contributed by atoms with E-state index in [0.29, 0.717) is 10.6 Å². The minimum Gasteiger partial charge on any atom is -0.497 e. The van der Waals surface area contributed by atoms with Gasteiger partial charge in [-0.1, -0.05) is 71.4 Å². The summed E-state index contributed by atoms with van der Waals surface area (Å²) in [5, 5.41) is 13.1. The van der Waals surface area contributed by atoms with Crippen molar-refractivity contribution in [3.63, 3.8) is 0 Å². The highest BCUT2D eigenvalue weighted by Crippen LogP contribution is 2.36. The predicted octanol–water partition coefficient (Wildman–Crippen LogP) is 7.03. The first-order valence-corrected chi connectivity index (χ1v) is 12.5. The van der Waals surface area contributed by atoms with Gasteiger partial charge in [-0.15, -0.1) is 0 Å². The van der Waals surface area contributed by atoms with Gasteiger partial charge in [-0.2, -0.15) is 5.26 Å². The molecule has 0 aliphatic rings. The number of amides is 1. The van der Waals surface area contributed by atoms with E-state index in [4.69, 9.17) is 9.72 Å². The number of rotatable bonds is 7. The largest absolute Gasteiger partial charge is 0.497 e. The fourth-order valence-electron chi connectivity index (χ4n) is 3.69. The van der Waals surface area contributed by atoms with E-state index in [9.17, 15) is 10.1 Å². The lowest BCUT2D eigenvalue weighted by atomic mass is 9.99. The molecule has 0 saturated heterocycles. The molecule has 180 valence electrons. The number of nitrogens with zero attached hydrogens (tertiary/aromatic N) is 2. The first-order valence-electron chi connectivity index (χ1n) is 11.6. The summed E-state index contributed by atoms with van der Waals surface area (Å²) in [4.78, 5) is 17.8. The molecule has 1 N–H and O–H groups in total. The number of thioether (sulfide) groups is 1. The molecule has 36 heavy (non-hydrogen) atoms. The molecule has 0 spiro atoms. The third kappa shape index (κ3) is 5.76. The van der Waals surface area contributed by atoms with E-state index in [2.05, 4.69) is 11.4 Å². The van der Waals surface area contributed by atoms with E-state index in [0.717, 1.165) is 44.9 Å². The molecule has 1 heterocycles. The highest BCUT2D eigenvalue weighted by molar-refractivity contribution is 8.00. The normalized spacial score (nSPS) is 11.4. The topological polar surface area (TPSA) is 75.0 Å². The number of nitrogens with one attached hydrogen (secondary N) is 1. The molecular formula is C30H27N3O2S. The number of aromatic nitrogens is 1. The van der Waals surface area contributed by atoms with Crippen molar-refractivity contribution < 1.29 is 9.53 Å². The molecule has 1 aromatic heterocycles. The lowest BCUT2D eigenvalue weighted by molar-refractivity contribution is -0.115. The lowest BCUT2D eigenvalue weighted by Gasteiger charge is -2.16. The third-order valence-corrected chi connectivity index (χ3v) is 6.91. The number of pyridine rings is 1. The maximum absolute atomic E-state index is 13.0. The van der Waals surface area contributed by atoms with Crippen LogP contribution < -0.4 is 10.1 Å². The highest BCUT2D eigenvalue weighted by atomic mass is 32.2. The molecule has 0 unspecified atom stereocenters. The van der Waals surface area contributed by atoms with Crippen molar-refractivity contribution in [1.29, 1.82) is 5.26 Å². The number of ether oxygens (including phenoxy) is 1. The van der Waals surface area contributed by atoms with E-state index in [1.807, 2.05) is 99.6 Å². The van der Waals surface area contributed by atoms with Gasteiger partial charge in [0.15, 0.2) is 0 Å². The van der Waals surface area contributed by atoms with Gasteiger partial charge in [0.25, 0.3) is 0 Å². The Morgan fingerprint density at radius 1 is 0.944 bits per heavy atom. The van der Waals surface area contributed by atoms with Crippen molar-refractivity contribution >= 4 is 23.4 Å². The Morgan fingerprint density at radius 2 is 1.53 bits per heavy atom. The fourth-order valence-corrected chi connectivity index (χ4v) is 4.61. The fraction of sp³-hybridized carbons (Fsp3) is 0.167. The Bertz CT molecular complexity index is 1410. The SMILES string of the molecule is COc1ccc(-c2cc(-c3ccc(C)cc3)nc(S[C@H](C)C(=O)Nc3ccc(C)cc3)c2C#N)cc1. The van der Waals surface area contributed by atoms with Crippen LogP contribution in [-0.2, 0) is 4.79 Å². The molecular weight excluding hydrogens is 466 g/mol. The van der Waals surface area contributed by atoms with Crippen LogP contribution in [0, 0.1) is 25.2 Å². The van der Waals surface area contributed by atoms with Crippen molar-refractivity contribution in [2.45, 2.75) is 31.0 Å². The standard InChI is InChI=1S/C30H27N3O2S/c1-19-5-9-23(10-6-19)28-17-26(22-11-15-25(35-4)16-12-22)27(18-31)30(33-28)36-21(3)29(34)32-24-13-7-20(2)8-14-24/h5-17,21H,1-4H3,(H,32,34)/t21-/m1/s1. The Labute approximate surface area is 216 Å². The number of methoxy groups -OCH3 is 1. The Morgan fingerprint density at radius 3 is 2.11 bits per heavy atom. The summed E-state index contributed by atoms with van der Waals surface area (Å²) in [5.41, 5.74) is 6.78. The van der Waals surface area contributed by atoms with Crippen molar-refractivity contribution in [3.05, 3.63) is 95.6 Å². The number of hydrogen-bond donors (Lipinski definition) is 1. The van der Waals surface area contributed by atoms with Crippen molar-refractivity contribution in [1.82, 2.24) is 4.98 Å². The van der Waals surface area contributed by atoms with Crippen molar-refractivity contribution in [3.8, 4) is 34.2 Å². The van der Waals surface area contributed by atoms with Gasteiger partial charge in [0.05, 0.1) is 23.6 Å². The summed E-state index contributed by atoms with van der Waals surface area (Å²) in [6.07, 6.45) is 0. The second kappa shape index (κ2) is 11.1. The molecule has 1 atom stereocenters. The highest BCUT2D eigenvalue weighted by Gasteiger charge is 2.21. The summed E-state index contributed by atoms with van der Waals surface area (Å²) in [7, 11) is 1.62. The van der Waals surface area contributed by atoms with Gasteiger partial charge < -0.3 is 10.1 Å². The molecule has 1 amide bonds. The Balaban J connectivity index is 1.73. The van der Waals surface area contributed by atoms with Gasteiger partial charge in [-0.25, -0.2) is 4.98 Å². The van der Waals surface area contributed by atoms with E-state index in [1.165, 1.54) is 11.8 Å². The summed E-state index contributed by atoms with van der Waals surface area (Å²) >= 11 is 1.28. The van der Waals surface area contributed by atoms with Gasteiger partial charge in [0, 0.05) is 16.8 Å². The first kappa shape index (κ1) is 25.0. The van der Waals surface area contributed by atoms with Crippen LogP contribution in [0.2, 0.25) is 0 Å². The minimum absolute atomic E-state index is 0.152. The molecule has 0 radical (unpaired) electrons. The average molecular weight is 494 g/mol. The third-order valence-electron chi connectivity index (χ3n) is 5.82. The van der Waals surface area contributed by atoms with Gasteiger partial charge in [0.2, 0.25) is 5.91 Å². The Kier molecular flexibility index (Phi) is 7.72. The zero-order chi connectivity index (χ0) is 25.7. The molecule has 0 bridgehead atoms. The average Bonchev–Trinajstić information content (AvgIpc) is 2.90. The molecule has 4 rings (SSSR count). The van der Waals surface area contributed by atoms with Gasteiger partial charge in [-0.3, -0.25) is 4.79 Å². The minimum atomic E-state index is -0.470. The van der Waals surface area contributed by atoms with Crippen LogP contribution in [0.3, 0.4) is 0 Å². The van der Waals surface area contributed by atoms with E-state index >= 15 is 0 Å². The monoisotopic (exact) mass is 493 g/mol. The number of nitriles is 1. The number of carbonyl (C=O) groups excluding carboxylic acids is 1. The van der Waals surface area contributed by atoms with Gasteiger partial charge in [-0.05, 0) is 56.7 Å². The number of anilines is 1. The predicted molar refractivity (Wildman–Crippen MR) is 146 cm³/mol. The van der Waals surface area contributed by atoms with Gasteiger partial charge >= 0.3 is 0 Å². The van der Waals surface area contributed by atoms with Crippen LogP contribution in [0.4, 0.5) is 5.69 Å². The summed E-state index contributed by atoms with van der Waals surface area (Å²) in [6.45, 7) is 5.86. The zero-order valence-corrected chi connectivity index (χ0v) is 21.5. The maximum Gasteiger partial charge on any atom is 0.237 e. The molecule has 0 fully saturated rings. The number of carbonyl (C=O) groups is 1. The molecule has 0 aliphatic heterocycles. The Hall–Kier alpha value is -4.08. The van der Waals surface area contributed by atoms with Crippen molar-refractivity contribution in [2.75, 3.05) is 12.4 Å². The summed E-state index contributed by atoms with van der Waals surface area (Å²) in [6, 6.07) is 27.6. The van der Waals surface area contributed by atoms with E-state index < -0.39 is 5.25 Å². The van der Waals surface area contributed by atoms with Crippen molar-refractivity contribution in [2.24, 2.45) is 0 Å². The van der Waals surface area contributed by atoms with Crippen LogP contribution in [0.15, 0.2) is 83.9 Å². The summed E-state index contributed by atoms with van der Waals surface area (Å²) < 4.78 is 5.30. The maximum atomic E-state index is 13.0.